The summed E-state index contributed by atoms with van der Waals surface area (Å²) < 4.78 is 27.1. The molecular weight excluding hydrogens is 250 g/mol. The molecule has 19 heavy (non-hydrogen) atoms. The van der Waals surface area contributed by atoms with E-state index in [9.17, 15) is 0 Å². The summed E-state index contributed by atoms with van der Waals surface area (Å²) in [5.74, 6) is 0. The smallest absolute Gasteiger partial charge is 0.114 e. The van der Waals surface area contributed by atoms with E-state index in [1.54, 1.807) is 34.5 Å². The molecule has 0 amide bonds. The van der Waals surface area contributed by atoms with E-state index in [0.717, 1.165) is 0 Å². The Balaban J connectivity index is 4.73. The van der Waals surface area contributed by atoms with Gasteiger partial charge >= 0.3 is 0 Å². The molecule has 0 radical (unpaired) electrons. The molecule has 4 atom stereocenters. The molecular formula is C13H27NO5. The molecule has 114 valence electrons. The van der Waals surface area contributed by atoms with Crippen LogP contribution in [0.2, 0.25) is 0 Å². The van der Waals surface area contributed by atoms with Gasteiger partial charge in [0.2, 0.25) is 0 Å². The molecule has 0 aromatic rings. The van der Waals surface area contributed by atoms with Gasteiger partial charge in [-0.1, -0.05) is 6.08 Å². The van der Waals surface area contributed by atoms with E-state index in [1.807, 2.05) is 0 Å². The summed E-state index contributed by atoms with van der Waals surface area (Å²) in [7, 11) is 6.38. The van der Waals surface area contributed by atoms with Gasteiger partial charge in [-0.3, -0.25) is 0 Å². The number of nitrogens with two attached hydrogens (primary N) is 1. The number of ether oxygens (including phenoxy) is 5. The van der Waals surface area contributed by atoms with Crippen LogP contribution in [0.3, 0.4) is 0 Å². The van der Waals surface area contributed by atoms with Crippen molar-refractivity contribution in [3.8, 4) is 0 Å². The van der Waals surface area contributed by atoms with Gasteiger partial charge < -0.3 is 29.4 Å². The first-order chi connectivity index (χ1) is 9.19. The third-order valence-electron chi connectivity index (χ3n) is 2.96. The van der Waals surface area contributed by atoms with Crippen molar-refractivity contribution in [1.29, 1.82) is 0 Å². The molecule has 0 aliphatic carbocycles. The first kappa shape index (κ1) is 18.5. The Morgan fingerprint density at radius 1 is 0.947 bits per heavy atom. The summed E-state index contributed by atoms with van der Waals surface area (Å²) >= 11 is 0. The second-order valence-corrected chi connectivity index (χ2v) is 4.01. The minimum absolute atomic E-state index is 0.271. The standard InChI is InChI=1S/C13H27NO5/c1-6-7-19-9-11(16-3)13(18-5)12(17-4)10(8-14)15-2/h6,10-13H,1,7-9,14H2,2-5H3/t10-,11+,12+,13+/m0/s1. The summed E-state index contributed by atoms with van der Waals surface area (Å²) in [6.45, 7) is 4.76. The molecule has 0 fully saturated rings. The zero-order chi connectivity index (χ0) is 14.7. The Hall–Kier alpha value is -0.500. The van der Waals surface area contributed by atoms with Crippen LogP contribution < -0.4 is 5.73 Å². The van der Waals surface area contributed by atoms with E-state index in [-0.39, 0.29) is 24.4 Å². The quantitative estimate of drug-likeness (QED) is 0.406. The van der Waals surface area contributed by atoms with Crippen molar-refractivity contribution < 1.29 is 23.7 Å². The molecule has 0 spiro atoms. The molecule has 0 heterocycles. The van der Waals surface area contributed by atoms with Gasteiger partial charge in [-0.15, -0.1) is 6.58 Å². The molecule has 6 heteroatoms. The third kappa shape index (κ3) is 5.99. The van der Waals surface area contributed by atoms with Crippen LogP contribution in [0.15, 0.2) is 12.7 Å². The van der Waals surface area contributed by atoms with Crippen LogP contribution in [0.5, 0.6) is 0 Å². The normalized spacial score (nSPS) is 17.7. The molecule has 6 nitrogen and oxygen atoms in total. The van der Waals surface area contributed by atoms with Crippen molar-refractivity contribution in [2.45, 2.75) is 24.4 Å². The van der Waals surface area contributed by atoms with Crippen LogP contribution in [0, 0.1) is 0 Å². The number of hydrogen-bond acceptors (Lipinski definition) is 6. The van der Waals surface area contributed by atoms with Gasteiger partial charge in [0.15, 0.2) is 0 Å². The third-order valence-corrected chi connectivity index (χ3v) is 2.96. The summed E-state index contributed by atoms with van der Waals surface area (Å²) in [4.78, 5) is 0. The van der Waals surface area contributed by atoms with Crippen LogP contribution in [0.1, 0.15) is 0 Å². The second kappa shape index (κ2) is 11.3. The van der Waals surface area contributed by atoms with Crippen LogP contribution in [0.25, 0.3) is 0 Å². The lowest BCUT2D eigenvalue weighted by atomic mass is 10.0. The Morgan fingerprint density at radius 2 is 1.47 bits per heavy atom. The molecule has 0 aromatic carbocycles. The average Bonchev–Trinajstić information content (AvgIpc) is 2.45. The number of hydrogen-bond donors (Lipinski definition) is 1. The number of rotatable bonds is 12. The van der Waals surface area contributed by atoms with Crippen molar-refractivity contribution in [3.63, 3.8) is 0 Å². The predicted molar refractivity (Wildman–Crippen MR) is 73.3 cm³/mol. The summed E-state index contributed by atoms with van der Waals surface area (Å²) in [6, 6.07) is 0. The highest BCUT2D eigenvalue weighted by Crippen LogP contribution is 2.16. The highest BCUT2D eigenvalue weighted by Gasteiger charge is 2.35. The van der Waals surface area contributed by atoms with E-state index < -0.39 is 0 Å². The van der Waals surface area contributed by atoms with Crippen LogP contribution >= 0.6 is 0 Å². The van der Waals surface area contributed by atoms with E-state index in [0.29, 0.717) is 19.8 Å². The van der Waals surface area contributed by atoms with E-state index in [4.69, 9.17) is 29.4 Å². The fourth-order valence-corrected chi connectivity index (χ4v) is 1.92. The Bertz CT molecular complexity index is 223. The van der Waals surface area contributed by atoms with Crippen LogP contribution in [-0.2, 0) is 23.7 Å². The second-order valence-electron chi connectivity index (χ2n) is 4.01. The van der Waals surface area contributed by atoms with Crippen LogP contribution in [-0.4, -0.2) is 72.6 Å². The van der Waals surface area contributed by atoms with Crippen LogP contribution in [0.4, 0.5) is 0 Å². The van der Waals surface area contributed by atoms with E-state index >= 15 is 0 Å². The maximum Gasteiger partial charge on any atom is 0.114 e. The monoisotopic (exact) mass is 277 g/mol. The lowest BCUT2D eigenvalue weighted by Crippen LogP contribution is -2.51. The summed E-state index contributed by atoms with van der Waals surface area (Å²) in [5.41, 5.74) is 5.67. The summed E-state index contributed by atoms with van der Waals surface area (Å²) in [5, 5.41) is 0. The SMILES string of the molecule is C=CCOC[C@@H](OC)[C@@H](OC)[C@H](OC)[C@H](CN)OC. The molecule has 0 aliphatic heterocycles. The van der Waals surface area contributed by atoms with E-state index in [2.05, 4.69) is 6.58 Å². The zero-order valence-electron chi connectivity index (χ0n) is 12.3. The van der Waals surface area contributed by atoms with Gasteiger partial charge in [-0.2, -0.15) is 0 Å². The fourth-order valence-electron chi connectivity index (χ4n) is 1.92. The largest absolute Gasteiger partial charge is 0.377 e. The Labute approximate surface area is 115 Å². The molecule has 0 unspecified atom stereocenters. The van der Waals surface area contributed by atoms with Gasteiger partial charge in [0, 0.05) is 35.0 Å². The maximum absolute atomic E-state index is 5.67. The first-order valence-corrected chi connectivity index (χ1v) is 6.19. The van der Waals surface area contributed by atoms with Crippen molar-refractivity contribution in [1.82, 2.24) is 0 Å². The predicted octanol–water partition coefficient (Wildman–Crippen LogP) is 0.208. The lowest BCUT2D eigenvalue weighted by Gasteiger charge is -2.34. The van der Waals surface area contributed by atoms with Gasteiger partial charge in [0.25, 0.3) is 0 Å². The van der Waals surface area contributed by atoms with Gasteiger partial charge in [-0.25, -0.2) is 0 Å². The number of methoxy groups -OCH3 is 4. The molecule has 0 aromatic heterocycles. The van der Waals surface area contributed by atoms with Crippen molar-refractivity contribution in [3.05, 3.63) is 12.7 Å². The lowest BCUT2D eigenvalue weighted by molar-refractivity contribution is -0.157. The summed E-state index contributed by atoms with van der Waals surface area (Å²) in [6.07, 6.45) is 0.455. The van der Waals surface area contributed by atoms with Gasteiger partial charge in [-0.05, 0) is 0 Å². The highest BCUT2D eigenvalue weighted by molar-refractivity contribution is 4.86. The minimum Gasteiger partial charge on any atom is -0.377 e. The topological polar surface area (TPSA) is 72.2 Å². The zero-order valence-corrected chi connectivity index (χ0v) is 12.3. The van der Waals surface area contributed by atoms with Crippen molar-refractivity contribution in [2.24, 2.45) is 5.73 Å². The molecule has 0 saturated heterocycles. The average molecular weight is 277 g/mol. The van der Waals surface area contributed by atoms with Crippen molar-refractivity contribution in [2.75, 3.05) is 48.2 Å². The molecule has 2 N–H and O–H groups in total. The van der Waals surface area contributed by atoms with Crippen molar-refractivity contribution >= 4 is 0 Å². The Morgan fingerprint density at radius 3 is 1.84 bits per heavy atom. The molecule has 0 bridgehead atoms. The molecule has 0 saturated carbocycles. The maximum atomic E-state index is 5.67. The highest BCUT2D eigenvalue weighted by atomic mass is 16.6. The fraction of sp³-hybridized carbons (Fsp3) is 0.846. The van der Waals surface area contributed by atoms with Gasteiger partial charge in [0.1, 0.15) is 18.3 Å². The minimum atomic E-state index is -0.340. The molecule has 0 aliphatic rings. The Kier molecular flexibility index (Phi) is 11.0. The van der Waals surface area contributed by atoms with Gasteiger partial charge in [0.05, 0.1) is 19.3 Å². The first-order valence-electron chi connectivity index (χ1n) is 6.19. The molecule has 0 rings (SSSR count). The van der Waals surface area contributed by atoms with E-state index in [1.165, 1.54) is 0 Å².